The topological polar surface area (TPSA) is 68.4 Å². The fourth-order valence-corrected chi connectivity index (χ4v) is 2.37. The van der Waals surface area contributed by atoms with E-state index in [2.05, 4.69) is 22.0 Å². The molecule has 104 valence electrons. The van der Waals surface area contributed by atoms with Crippen molar-refractivity contribution in [2.75, 3.05) is 13.7 Å². The monoisotopic (exact) mass is 290 g/mol. The summed E-state index contributed by atoms with van der Waals surface area (Å²) < 4.78 is 10.6. The first-order valence-electron chi connectivity index (χ1n) is 5.92. The zero-order valence-corrected chi connectivity index (χ0v) is 12.0. The predicted molar refractivity (Wildman–Crippen MR) is 75.6 cm³/mol. The van der Waals surface area contributed by atoms with E-state index in [0.717, 1.165) is 16.9 Å². The van der Waals surface area contributed by atoms with Gasteiger partial charge in [0.05, 0.1) is 7.11 Å². The second kappa shape index (κ2) is 6.98. The highest BCUT2D eigenvalue weighted by Gasteiger charge is 2.08. The number of nitrogens with zero attached hydrogens (tertiary/aromatic N) is 2. The minimum Gasteiger partial charge on any atom is -0.496 e. The molecule has 0 radical (unpaired) electrons. The number of benzene rings is 1. The Morgan fingerprint density at radius 3 is 2.90 bits per heavy atom. The first-order valence-corrected chi connectivity index (χ1v) is 6.91. The number of aliphatic hydroxyl groups is 1. The number of methoxy groups -OCH3 is 1. The molecule has 0 fully saturated rings. The lowest BCUT2D eigenvalue weighted by molar-refractivity contribution is 0.350. The molecule has 0 saturated heterocycles. The predicted octanol–water partition coefficient (Wildman–Crippen LogP) is 2.02. The van der Waals surface area contributed by atoms with E-state index in [1.165, 1.54) is 11.8 Å². The summed E-state index contributed by atoms with van der Waals surface area (Å²) in [4.78, 5) is 0. The highest BCUT2D eigenvalue weighted by molar-refractivity contribution is 7.98. The molecule has 6 heteroatoms. The molecule has 0 spiro atoms. The van der Waals surface area contributed by atoms with Crippen molar-refractivity contribution in [3.05, 3.63) is 35.2 Å². The van der Waals surface area contributed by atoms with Crippen molar-refractivity contribution in [1.29, 1.82) is 0 Å². The van der Waals surface area contributed by atoms with E-state index in [0.29, 0.717) is 16.9 Å². The minimum absolute atomic E-state index is 0.155. The van der Waals surface area contributed by atoms with Crippen molar-refractivity contribution < 1.29 is 14.3 Å². The van der Waals surface area contributed by atoms with Gasteiger partial charge in [0.25, 0.3) is 5.22 Å². The second-order valence-corrected chi connectivity index (χ2v) is 4.79. The maximum Gasteiger partial charge on any atom is 0.276 e. The molecule has 1 heterocycles. The molecule has 0 amide bonds. The van der Waals surface area contributed by atoms with Gasteiger partial charge in [0, 0.05) is 23.8 Å². The number of hydrogen-bond acceptors (Lipinski definition) is 6. The SMILES string of the molecule is COc1ccc(C#CCO)cc1CSc1nnc(C)o1. The Kier molecular flexibility index (Phi) is 5.04. The fraction of sp³-hybridized carbons (Fsp3) is 0.286. The van der Waals surface area contributed by atoms with Gasteiger partial charge in [-0.1, -0.05) is 23.6 Å². The van der Waals surface area contributed by atoms with Gasteiger partial charge in [-0.3, -0.25) is 0 Å². The first-order chi connectivity index (χ1) is 9.72. The molecule has 0 bridgehead atoms. The molecular formula is C14H14N2O3S. The first kappa shape index (κ1) is 14.4. The highest BCUT2D eigenvalue weighted by atomic mass is 32.2. The normalized spacial score (nSPS) is 9.95. The summed E-state index contributed by atoms with van der Waals surface area (Å²) in [6.45, 7) is 1.60. The van der Waals surface area contributed by atoms with E-state index in [-0.39, 0.29) is 6.61 Å². The third-order valence-corrected chi connectivity index (χ3v) is 3.32. The Labute approximate surface area is 121 Å². The molecule has 1 N–H and O–H groups in total. The van der Waals surface area contributed by atoms with Crippen LogP contribution in [-0.2, 0) is 5.75 Å². The Balaban J connectivity index is 2.15. The molecular weight excluding hydrogens is 276 g/mol. The molecule has 0 saturated carbocycles. The largest absolute Gasteiger partial charge is 0.496 e. The van der Waals surface area contributed by atoms with Crippen molar-refractivity contribution in [3.8, 4) is 17.6 Å². The summed E-state index contributed by atoms with van der Waals surface area (Å²) in [5.74, 6) is 7.46. The molecule has 20 heavy (non-hydrogen) atoms. The van der Waals surface area contributed by atoms with Crippen LogP contribution in [0.15, 0.2) is 27.8 Å². The van der Waals surface area contributed by atoms with Gasteiger partial charge >= 0.3 is 0 Å². The smallest absolute Gasteiger partial charge is 0.276 e. The Morgan fingerprint density at radius 1 is 1.40 bits per heavy atom. The quantitative estimate of drug-likeness (QED) is 0.686. The van der Waals surface area contributed by atoms with Crippen LogP contribution in [0.4, 0.5) is 0 Å². The van der Waals surface area contributed by atoms with Crippen LogP contribution in [-0.4, -0.2) is 29.0 Å². The Morgan fingerprint density at radius 2 is 2.25 bits per heavy atom. The highest BCUT2D eigenvalue weighted by Crippen LogP contribution is 2.28. The van der Waals surface area contributed by atoms with Gasteiger partial charge < -0.3 is 14.3 Å². The van der Waals surface area contributed by atoms with Crippen LogP contribution in [0.3, 0.4) is 0 Å². The lowest BCUT2D eigenvalue weighted by Crippen LogP contribution is -1.92. The lowest BCUT2D eigenvalue weighted by Gasteiger charge is -2.07. The van der Waals surface area contributed by atoms with Crippen LogP contribution in [0.5, 0.6) is 5.75 Å². The van der Waals surface area contributed by atoms with Crippen LogP contribution in [0.1, 0.15) is 17.0 Å². The van der Waals surface area contributed by atoms with Crippen molar-refractivity contribution in [1.82, 2.24) is 10.2 Å². The lowest BCUT2D eigenvalue weighted by atomic mass is 10.1. The summed E-state index contributed by atoms with van der Waals surface area (Å²) in [5, 5.41) is 17.0. The maximum absolute atomic E-state index is 8.72. The summed E-state index contributed by atoms with van der Waals surface area (Å²) in [7, 11) is 1.62. The van der Waals surface area contributed by atoms with E-state index >= 15 is 0 Å². The van der Waals surface area contributed by atoms with Gasteiger partial charge in [-0.05, 0) is 18.2 Å². The molecule has 2 aromatic rings. The van der Waals surface area contributed by atoms with Crippen LogP contribution < -0.4 is 4.74 Å². The van der Waals surface area contributed by atoms with Crippen LogP contribution in [0.25, 0.3) is 0 Å². The molecule has 1 aromatic carbocycles. The van der Waals surface area contributed by atoms with Gasteiger partial charge in [0.1, 0.15) is 12.4 Å². The molecule has 5 nitrogen and oxygen atoms in total. The Hall–Kier alpha value is -1.97. The number of thioether (sulfide) groups is 1. The second-order valence-electron chi connectivity index (χ2n) is 3.86. The number of aromatic nitrogens is 2. The molecule has 1 aromatic heterocycles. The van der Waals surface area contributed by atoms with Crippen LogP contribution in [0.2, 0.25) is 0 Å². The van der Waals surface area contributed by atoms with Crippen molar-refractivity contribution in [3.63, 3.8) is 0 Å². The molecule has 0 unspecified atom stereocenters. The maximum atomic E-state index is 8.72. The van der Waals surface area contributed by atoms with E-state index < -0.39 is 0 Å². The van der Waals surface area contributed by atoms with Gasteiger partial charge in [-0.15, -0.1) is 10.2 Å². The summed E-state index contributed by atoms with van der Waals surface area (Å²) >= 11 is 1.44. The van der Waals surface area contributed by atoms with Crippen molar-refractivity contribution in [2.45, 2.75) is 17.9 Å². The Bertz CT molecular complexity index is 643. The summed E-state index contributed by atoms with van der Waals surface area (Å²) in [5.41, 5.74) is 1.82. The van der Waals surface area contributed by atoms with Gasteiger partial charge in [0.2, 0.25) is 5.89 Å². The van der Waals surface area contributed by atoms with Crippen LogP contribution >= 0.6 is 11.8 Å². The third kappa shape index (κ3) is 3.76. The number of aryl methyl sites for hydroxylation is 1. The summed E-state index contributed by atoms with van der Waals surface area (Å²) in [6, 6.07) is 5.64. The average Bonchev–Trinajstić information content (AvgIpc) is 2.88. The van der Waals surface area contributed by atoms with Crippen LogP contribution in [0, 0.1) is 18.8 Å². The third-order valence-electron chi connectivity index (χ3n) is 2.45. The van der Waals surface area contributed by atoms with Crippen molar-refractivity contribution in [2.24, 2.45) is 0 Å². The van der Waals surface area contributed by atoms with Gasteiger partial charge in [-0.25, -0.2) is 0 Å². The van der Waals surface area contributed by atoms with Gasteiger partial charge in [-0.2, -0.15) is 0 Å². The minimum atomic E-state index is -0.155. The molecule has 2 rings (SSSR count). The van der Waals surface area contributed by atoms with E-state index in [1.54, 1.807) is 14.0 Å². The molecule has 0 atom stereocenters. The number of rotatable bonds is 4. The average molecular weight is 290 g/mol. The zero-order valence-electron chi connectivity index (χ0n) is 11.2. The molecule has 0 aliphatic carbocycles. The standard InChI is InChI=1S/C14H14N2O3S/c1-10-15-16-14(19-10)20-9-12-8-11(4-3-7-17)5-6-13(12)18-2/h5-6,8,17H,7,9H2,1-2H3. The van der Waals surface area contributed by atoms with E-state index in [1.807, 2.05) is 18.2 Å². The van der Waals surface area contributed by atoms with Gasteiger partial charge in [0.15, 0.2) is 0 Å². The molecule has 0 aliphatic rings. The fourth-order valence-electron chi connectivity index (χ4n) is 1.59. The zero-order chi connectivity index (χ0) is 14.4. The number of aliphatic hydroxyl groups excluding tert-OH is 1. The number of hydrogen-bond donors (Lipinski definition) is 1. The van der Waals surface area contributed by atoms with E-state index in [9.17, 15) is 0 Å². The van der Waals surface area contributed by atoms with E-state index in [4.69, 9.17) is 14.3 Å². The summed E-state index contributed by atoms with van der Waals surface area (Å²) in [6.07, 6.45) is 0. The number of ether oxygens (including phenoxy) is 1. The molecule has 0 aliphatic heterocycles. The van der Waals surface area contributed by atoms with Crippen molar-refractivity contribution >= 4 is 11.8 Å².